The minimum absolute atomic E-state index is 0.0473. The SMILES string of the molecule is CSc1ncc2c(n1)N1C(CC2)C(=O)NCC12CCCC2. The van der Waals surface area contributed by atoms with E-state index in [9.17, 15) is 4.79 Å². The van der Waals surface area contributed by atoms with Crippen molar-refractivity contribution in [3.63, 3.8) is 0 Å². The molecule has 1 aromatic heterocycles. The van der Waals surface area contributed by atoms with Crippen molar-refractivity contribution in [2.24, 2.45) is 0 Å². The van der Waals surface area contributed by atoms with Gasteiger partial charge < -0.3 is 10.2 Å². The molecular weight excluding hydrogens is 284 g/mol. The fourth-order valence-electron chi connectivity index (χ4n) is 4.14. The van der Waals surface area contributed by atoms with Gasteiger partial charge in [-0.3, -0.25) is 4.79 Å². The quantitative estimate of drug-likeness (QED) is 0.633. The summed E-state index contributed by atoms with van der Waals surface area (Å²) in [6, 6.07) is -0.0473. The number of thioether (sulfide) groups is 1. The third-order valence-electron chi connectivity index (χ3n) is 5.17. The van der Waals surface area contributed by atoms with Crippen LogP contribution >= 0.6 is 11.8 Å². The summed E-state index contributed by atoms with van der Waals surface area (Å²) in [5.41, 5.74) is 1.28. The Hall–Kier alpha value is -1.30. The molecule has 3 heterocycles. The minimum Gasteiger partial charge on any atom is -0.352 e. The van der Waals surface area contributed by atoms with Crippen LogP contribution < -0.4 is 10.2 Å². The fraction of sp³-hybridized carbons (Fsp3) is 0.667. The molecule has 0 aromatic carbocycles. The largest absolute Gasteiger partial charge is 0.352 e. The van der Waals surface area contributed by atoms with Crippen LogP contribution in [-0.2, 0) is 11.2 Å². The number of hydrogen-bond acceptors (Lipinski definition) is 5. The first kappa shape index (κ1) is 13.4. The predicted octanol–water partition coefficient (Wildman–Crippen LogP) is 1.76. The van der Waals surface area contributed by atoms with Crippen molar-refractivity contribution in [2.45, 2.75) is 55.3 Å². The van der Waals surface area contributed by atoms with Crippen molar-refractivity contribution in [2.75, 3.05) is 17.7 Å². The van der Waals surface area contributed by atoms with Crippen LogP contribution in [0.4, 0.5) is 5.82 Å². The molecule has 1 spiro atoms. The number of hydrogen-bond donors (Lipinski definition) is 1. The average Bonchev–Trinajstić information content (AvgIpc) is 2.99. The lowest BCUT2D eigenvalue weighted by Gasteiger charge is -2.52. The van der Waals surface area contributed by atoms with E-state index in [1.54, 1.807) is 11.8 Å². The van der Waals surface area contributed by atoms with Crippen LogP contribution in [0.25, 0.3) is 0 Å². The van der Waals surface area contributed by atoms with E-state index in [1.165, 1.54) is 18.4 Å². The number of amides is 1. The molecule has 1 aliphatic carbocycles. The third-order valence-corrected chi connectivity index (χ3v) is 5.73. The van der Waals surface area contributed by atoms with Gasteiger partial charge in [-0.05, 0) is 31.9 Å². The van der Waals surface area contributed by atoms with Crippen molar-refractivity contribution < 1.29 is 4.79 Å². The first-order chi connectivity index (χ1) is 10.2. The van der Waals surface area contributed by atoms with Crippen molar-refractivity contribution in [3.8, 4) is 0 Å². The van der Waals surface area contributed by atoms with Crippen molar-refractivity contribution in [1.29, 1.82) is 0 Å². The molecule has 2 fully saturated rings. The maximum absolute atomic E-state index is 12.3. The van der Waals surface area contributed by atoms with Gasteiger partial charge in [-0.1, -0.05) is 24.6 Å². The standard InChI is InChI=1S/C15H20N4OS/c1-21-14-16-8-10-4-5-11-13(20)17-9-15(6-2-3-7-15)19(11)12(10)18-14/h8,11H,2-7,9H2,1H3,(H,17,20). The Balaban J connectivity index is 1.84. The monoisotopic (exact) mass is 304 g/mol. The number of anilines is 1. The number of rotatable bonds is 1. The zero-order chi connectivity index (χ0) is 14.4. The Morgan fingerprint density at radius 2 is 2.24 bits per heavy atom. The molecule has 1 atom stereocenters. The van der Waals surface area contributed by atoms with E-state index in [0.29, 0.717) is 0 Å². The lowest BCUT2D eigenvalue weighted by molar-refractivity contribution is -0.125. The molecule has 0 bridgehead atoms. The van der Waals surface area contributed by atoms with E-state index in [-0.39, 0.29) is 17.5 Å². The molecule has 112 valence electrons. The second kappa shape index (κ2) is 4.87. The molecule has 1 amide bonds. The molecule has 21 heavy (non-hydrogen) atoms. The summed E-state index contributed by atoms with van der Waals surface area (Å²) in [6.07, 6.45) is 10.5. The number of carbonyl (C=O) groups excluding carboxylic acids is 1. The van der Waals surface area contributed by atoms with E-state index < -0.39 is 0 Å². The van der Waals surface area contributed by atoms with E-state index in [1.807, 2.05) is 12.5 Å². The molecular formula is C15H20N4OS. The summed E-state index contributed by atoms with van der Waals surface area (Å²) in [5.74, 6) is 1.19. The number of carbonyl (C=O) groups is 1. The lowest BCUT2D eigenvalue weighted by Crippen LogP contribution is -2.68. The van der Waals surface area contributed by atoms with Crippen molar-refractivity contribution in [1.82, 2.24) is 15.3 Å². The fourth-order valence-corrected chi connectivity index (χ4v) is 4.48. The zero-order valence-electron chi connectivity index (χ0n) is 12.3. The maximum atomic E-state index is 12.3. The molecule has 4 rings (SSSR count). The molecule has 1 saturated heterocycles. The molecule has 2 aliphatic heterocycles. The van der Waals surface area contributed by atoms with Gasteiger partial charge in [0, 0.05) is 18.3 Å². The van der Waals surface area contributed by atoms with E-state index in [0.717, 1.165) is 43.2 Å². The first-order valence-corrected chi connectivity index (χ1v) is 8.93. The lowest BCUT2D eigenvalue weighted by atomic mass is 9.85. The van der Waals surface area contributed by atoms with Crippen LogP contribution in [0.1, 0.15) is 37.7 Å². The Bertz CT molecular complexity index is 585. The van der Waals surface area contributed by atoms with Crippen molar-refractivity contribution >= 4 is 23.5 Å². The molecule has 3 aliphatic rings. The number of piperazine rings is 1. The van der Waals surface area contributed by atoms with E-state index >= 15 is 0 Å². The first-order valence-electron chi connectivity index (χ1n) is 7.70. The highest BCUT2D eigenvalue weighted by Gasteiger charge is 2.50. The van der Waals surface area contributed by atoms with Gasteiger partial charge in [-0.2, -0.15) is 0 Å². The van der Waals surface area contributed by atoms with Crippen LogP contribution in [-0.4, -0.2) is 40.3 Å². The molecule has 6 heteroatoms. The van der Waals surface area contributed by atoms with Gasteiger partial charge in [0.15, 0.2) is 5.16 Å². The molecule has 1 saturated carbocycles. The van der Waals surface area contributed by atoms with E-state index in [4.69, 9.17) is 4.98 Å². The smallest absolute Gasteiger partial charge is 0.242 e. The summed E-state index contributed by atoms with van der Waals surface area (Å²) in [7, 11) is 0. The molecule has 5 nitrogen and oxygen atoms in total. The second-order valence-corrected chi connectivity index (χ2v) is 7.05. The minimum atomic E-state index is -0.0473. The Kier molecular flexibility index (Phi) is 3.10. The summed E-state index contributed by atoms with van der Waals surface area (Å²) in [4.78, 5) is 23.9. The number of aryl methyl sites for hydroxylation is 1. The highest BCUT2D eigenvalue weighted by Crippen LogP contribution is 2.44. The van der Waals surface area contributed by atoms with Crippen LogP contribution in [0.15, 0.2) is 11.4 Å². The average molecular weight is 304 g/mol. The van der Waals surface area contributed by atoms with Crippen molar-refractivity contribution in [3.05, 3.63) is 11.8 Å². The number of fused-ring (bicyclic) bond motifs is 4. The van der Waals surface area contributed by atoms with Gasteiger partial charge in [-0.25, -0.2) is 9.97 Å². The van der Waals surface area contributed by atoms with Gasteiger partial charge in [-0.15, -0.1) is 0 Å². The van der Waals surface area contributed by atoms with E-state index in [2.05, 4.69) is 15.2 Å². The highest BCUT2D eigenvalue weighted by molar-refractivity contribution is 7.98. The number of nitrogens with zero attached hydrogens (tertiary/aromatic N) is 3. The molecule has 1 aromatic rings. The molecule has 1 unspecified atom stereocenters. The summed E-state index contributed by atoms with van der Waals surface area (Å²) >= 11 is 1.56. The number of nitrogens with one attached hydrogen (secondary N) is 1. The van der Waals surface area contributed by atoms with Gasteiger partial charge in [0.2, 0.25) is 5.91 Å². The topological polar surface area (TPSA) is 58.1 Å². The summed E-state index contributed by atoms with van der Waals surface area (Å²) in [5, 5.41) is 3.94. The highest BCUT2D eigenvalue weighted by atomic mass is 32.2. The summed E-state index contributed by atoms with van der Waals surface area (Å²) < 4.78 is 0. The van der Waals surface area contributed by atoms with Gasteiger partial charge in [0.05, 0.1) is 5.54 Å². The zero-order valence-corrected chi connectivity index (χ0v) is 13.1. The predicted molar refractivity (Wildman–Crippen MR) is 82.6 cm³/mol. The van der Waals surface area contributed by atoms with Crippen LogP contribution in [0.3, 0.4) is 0 Å². The van der Waals surface area contributed by atoms with Crippen LogP contribution in [0, 0.1) is 0 Å². The van der Waals surface area contributed by atoms with Gasteiger partial charge in [0.1, 0.15) is 11.9 Å². The van der Waals surface area contributed by atoms with Crippen LogP contribution in [0.2, 0.25) is 0 Å². The summed E-state index contributed by atoms with van der Waals surface area (Å²) in [6.45, 7) is 0.764. The Morgan fingerprint density at radius 3 is 3.00 bits per heavy atom. The molecule has 0 radical (unpaired) electrons. The maximum Gasteiger partial charge on any atom is 0.242 e. The number of aromatic nitrogens is 2. The Labute approximate surface area is 128 Å². The Morgan fingerprint density at radius 1 is 1.43 bits per heavy atom. The second-order valence-electron chi connectivity index (χ2n) is 6.28. The third kappa shape index (κ3) is 1.95. The van der Waals surface area contributed by atoms with Gasteiger partial charge >= 0.3 is 0 Å². The van der Waals surface area contributed by atoms with Crippen LogP contribution in [0.5, 0.6) is 0 Å². The van der Waals surface area contributed by atoms with Gasteiger partial charge in [0.25, 0.3) is 0 Å². The normalized spacial score (nSPS) is 26.4. The molecule has 1 N–H and O–H groups in total.